The Labute approximate surface area is 236 Å². The number of carbonyl (C=O) groups is 1. The molecule has 8 nitrogen and oxygen atoms in total. The van der Waals surface area contributed by atoms with Crippen molar-refractivity contribution in [1.82, 2.24) is 14.5 Å². The summed E-state index contributed by atoms with van der Waals surface area (Å²) < 4.78 is 1.49. The number of fused-ring (bicyclic) bond motifs is 1. The van der Waals surface area contributed by atoms with Gasteiger partial charge in [0.15, 0.2) is 0 Å². The number of nitro benzene ring substituents is 1. The minimum Gasteiger partial charge on any atom is -0.329 e. The zero-order chi connectivity index (χ0) is 28.1. The van der Waals surface area contributed by atoms with Crippen LogP contribution in [0.15, 0.2) is 71.5 Å². The molecule has 0 bridgehead atoms. The Bertz CT molecular complexity index is 1590. The molecule has 0 aliphatic carbocycles. The average molecular weight is 567 g/mol. The molecule has 1 amide bonds. The van der Waals surface area contributed by atoms with Crippen molar-refractivity contribution in [2.75, 3.05) is 6.54 Å². The van der Waals surface area contributed by atoms with E-state index in [1.165, 1.54) is 22.8 Å². The number of benzene rings is 3. The highest BCUT2D eigenvalue weighted by Gasteiger charge is 2.29. The van der Waals surface area contributed by atoms with Crippen LogP contribution in [0.25, 0.3) is 16.6 Å². The Morgan fingerprint density at radius 2 is 1.82 bits per heavy atom. The predicted molar refractivity (Wildman–Crippen MR) is 154 cm³/mol. The number of carbonyl (C=O) groups excluding carboxylic acids is 1. The fourth-order valence-electron chi connectivity index (χ4n) is 4.56. The summed E-state index contributed by atoms with van der Waals surface area (Å²) in [6.45, 7) is 4.30. The van der Waals surface area contributed by atoms with Crippen molar-refractivity contribution in [1.29, 1.82) is 0 Å². The summed E-state index contributed by atoms with van der Waals surface area (Å²) in [5, 5.41) is 12.1. The first-order valence-electron chi connectivity index (χ1n) is 12.8. The Morgan fingerprint density at radius 3 is 2.51 bits per heavy atom. The lowest BCUT2D eigenvalue weighted by molar-refractivity contribution is -0.384. The van der Waals surface area contributed by atoms with Crippen LogP contribution in [0.4, 0.5) is 5.69 Å². The van der Waals surface area contributed by atoms with Gasteiger partial charge >= 0.3 is 0 Å². The molecule has 1 aromatic heterocycles. The molecule has 0 radical (unpaired) electrons. The second-order valence-electron chi connectivity index (χ2n) is 9.26. The van der Waals surface area contributed by atoms with Crippen LogP contribution in [0.5, 0.6) is 0 Å². The molecule has 0 spiro atoms. The largest absolute Gasteiger partial charge is 0.329 e. The highest BCUT2D eigenvalue weighted by atomic mass is 35.5. The van der Waals surface area contributed by atoms with E-state index in [0.29, 0.717) is 34.0 Å². The van der Waals surface area contributed by atoms with Gasteiger partial charge in [-0.05, 0) is 49.7 Å². The van der Waals surface area contributed by atoms with Gasteiger partial charge in [0.05, 0.1) is 38.1 Å². The topological polar surface area (TPSA) is 98.3 Å². The molecule has 0 saturated carbocycles. The number of nitrogens with zero attached hydrogens (tertiary/aromatic N) is 4. The number of hydrogen-bond donors (Lipinski definition) is 0. The Kier molecular flexibility index (Phi) is 8.99. The van der Waals surface area contributed by atoms with Gasteiger partial charge in [-0.1, -0.05) is 67.6 Å². The highest BCUT2D eigenvalue weighted by Crippen LogP contribution is 2.29. The summed E-state index contributed by atoms with van der Waals surface area (Å²) >= 11 is 12.6. The number of amides is 1. The van der Waals surface area contributed by atoms with Crippen molar-refractivity contribution in [3.8, 4) is 5.69 Å². The summed E-state index contributed by atoms with van der Waals surface area (Å²) in [6.07, 6.45) is 3.67. The molecule has 10 heteroatoms. The summed E-state index contributed by atoms with van der Waals surface area (Å²) in [6, 6.07) is 17.1. The minimum absolute atomic E-state index is 0.0151. The predicted octanol–water partition coefficient (Wildman–Crippen LogP) is 7.38. The van der Waals surface area contributed by atoms with Crippen LogP contribution in [0, 0.1) is 10.1 Å². The maximum atomic E-state index is 13.9. The van der Waals surface area contributed by atoms with Crippen LogP contribution in [0.1, 0.15) is 61.8 Å². The molecule has 0 aliphatic heterocycles. The molecular formula is C29H28Cl2N4O4. The zero-order valence-electron chi connectivity index (χ0n) is 21.6. The average Bonchev–Trinajstić information content (AvgIpc) is 2.92. The Morgan fingerprint density at radius 1 is 1.05 bits per heavy atom. The quantitative estimate of drug-likeness (QED) is 0.113. The molecule has 0 N–H and O–H groups in total. The van der Waals surface area contributed by atoms with Gasteiger partial charge in [0.1, 0.15) is 5.82 Å². The van der Waals surface area contributed by atoms with E-state index >= 15 is 0 Å². The van der Waals surface area contributed by atoms with Crippen molar-refractivity contribution in [3.05, 3.63) is 109 Å². The van der Waals surface area contributed by atoms with Crippen molar-refractivity contribution < 1.29 is 9.72 Å². The lowest BCUT2D eigenvalue weighted by Crippen LogP contribution is -2.38. The van der Waals surface area contributed by atoms with Gasteiger partial charge in [0, 0.05) is 23.7 Å². The van der Waals surface area contributed by atoms with Gasteiger partial charge in [0.2, 0.25) is 0 Å². The van der Waals surface area contributed by atoms with Crippen LogP contribution in [-0.2, 0) is 0 Å². The molecule has 202 valence electrons. The summed E-state index contributed by atoms with van der Waals surface area (Å²) in [4.78, 5) is 44.8. The molecule has 0 fully saturated rings. The van der Waals surface area contributed by atoms with Gasteiger partial charge in [-0.3, -0.25) is 24.3 Å². The fourth-order valence-corrected chi connectivity index (χ4v) is 5.00. The maximum absolute atomic E-state index is 13.9. The first-order chi connectivity index (χ1) is 18.7. The third-order valence-electron chi connectivity index (χ3n) is 6.62. The van der Waals surface area contributed by atoms with E-state index in [4.69, 9.17) is 28.2 Å². The second kappa shape index (κ2) is 12.4. The van der Waals surface area contributed by atoms with Crippen LogP contribution < -0.4 is 5.56 Å². The number of para-hydroxylation sites is 1. The van der Waals surface area contributed by atoms with Gasteiger partial charge < -0.3 is 4.90 Å². The molecule has 39 heavy (non-hydrogen) atoms. The SMILES string of the molecule is CCCCCCN(C(=O)c1ccc([N+](=O)[O-])cc1Cl)C(C)c1nc2ccccc2c(=O)n1-c1cccc(Cl)c1. The number of non-ortho nitro benzene ring substituents is 1. The summed E-state index contributed by atoms with van der Waals surface area (Å²) in [5.74, 6) is -0.0400. The molecule has 4 rings (SSSR count). The lowest BCUT2D eigenvalue weighted by Gasteiger charge is -2.31. The summed E-state index contributed by atoms with van der Waals surface area (Å²) in [7, 11) is 0. The standard InChI is InChI=1S/C29H28Cl2N4O4/c1-3-4-5-8-16-33(28(36)23-15-14-22(35(38)39)18-25(23)31)19(2)27-32-26-13-7-6-12-24(26)29(37)34(27)21-11-9-10-20(30)17-21/h6-7,9-15,17-19H,3-5,8,16H2,1-2H3. The summed E-state index contributed by atoms with van der Waals surface area (Å²) in [5.41, 5.74) is 0.692. The lowest BCUT2D eigenvalue weighted by atomic mass is 10.1. The second-order valence-corrected chi connectivity index (χ2v) is 10.1. The van der Waals surface area contributed by atoms with Crippen molar-refractivity contribution in [3.63, 3.8) is 0 Å². The molecule has 1 heterocycles. The van der Waals surface area contributed by atoms with E-state index in [0.717, 1.165) is 25.7 Å². The van der Waals surface area contributed by atoms with Crippen molar-refractivity contribution in [2.24, 2.45) is 0 Å². The van der Waals surface area contributed by atoms with E-state index in [-0.39, 0.29) is 21.8 Å². The van der Waals surface area contributed by atoms with Gasteiger partial charge in [-0.25, -0.2) is 4.98 Å². The number of aromatic nitrogens is 2. The molecule has 1 unspecified atom stereocenters. The van der Waals surface area contributed by atoms with Crippen molar-refractivity contribution >= 4 is 45.7 Å². The van der Waals surface area contributed by atoms with Gasteiger partial charge in [0.25, 0.3) is 17.2 Å². The smallest absolute Gasteiger partial charge is 0.270 e. The number of unbranched alkanes of at least 4 members (excludes halogenated alkanes) is 3. The van der Waals surface area contributed by atoms with Crippen LogP contribution >= 0.6 is 23.2 Å². The third-order valence-corrected chi connectivity index (χ3v) is 7.16. The molecule has 0 aliphatic rings. The fraction of sp³-hybridized carbons (Fsp3) is 0.276. The van der Waals surface area contributed by atoms with Gasteiger partial charge in [-0.2, -0.15) is 0 Å². The number of hydrogen-bond acceptors (Lipinski definition) is 5. The van der Waals surface area contributed by atoms with E-state index < -0.39 is 16.9 Å². The van der Waals surface area contributed by atoms with E-state index in [1.54, 1.807) is 53.4 Å². The van der Waals surface area contributed by atoms with Crippen molar-refractivity contribution in [2.45, 2.75) is 45.6 Å². The minimum atomic E-state index is -0.651. The van der Waals surface area contributed by atoms with E-state index in [9.17, 15) is 19.7 Å². The van der Waals surface area contributed by atoms with E-state index in [2.05, 4.69) is 6.92 Å². The Balaban J connectivity index is 1.86. The van der Waals surface area contributed by atoms with Gasteiger partial charge in [-0.15, -0.1) is 0 Å². The normalized spacial score (nSPS) is 11.9. The highest BCUT2D eigenvalue weighted by molar-refractivity contribution is 6.34. The third kappa shape index (κ3) is 6.13. The number of halogens is 2. The van der Waals surface area contributed by atoms with Crippen LogP contribution in [0.3, 0.4) is 0 Å². The monoisotopic (exact) mass is 566 g/mol. The van der Waals surface area contributed by atoms with Crippen LogP contribution in [-0.4, -0.2) is 31.8 Å². The first-order valence-corrected chi connectivity index (χ1v) is 13.5. The first kappa shape index (κ1) is 28.3. The maximum Gasteiger partial charge on any atom is 0.270 e. The zero-order valence-corrected chi connectivity index (χ0v) is 23.2. The molecule has 1 atom stereocenters. The number of rotatable bonds is 10. The van der Waals surface area contributed by atoms with Crippen LogP contribution in [0.2, 0.25) is 10.0 Å². The number of nitro groups is 1. The molecule has 3 aromatic carbocycles. The molecule has 4 aromatic rings. The molecule has 0 saturated heterocycles. The van der Waals surface area contributed by atoms with E-state index in [1.807, 2.05) is 6.92 Å². The molecular weight excluding hydrogens is 539 g/mol. The Hall–Kier alpha value is -3.75.